The van der Waals surface area contributed by atoms with E-state index in [4.69, 9.17) is 16.7 Å². The molecule has 1 N–H and O–H groups in total. The molecule has 1 aromatic heterocycles. The van der Waals surface area contributed by atoms with Crippen LogP contribution in [-0.4, -0.2) is 26.4 Å². The molecule has 1 fully saturated rings. The number of nitrogens with zero attached hydrogens (tertiary/aromatic N) is 2. The van der Waals surface area contributed by atoms with Crippen molar-refractivity contribution in [2.45, 2.75) is 43.3 Å². The molecule has 0 bridgehead atoms. The molecule has 0 atom stereocenters. The largest absolute Gasteiger partial charge is 0.481 e. The highest BCUT2D eigenvalue weighted by Gasteiger charge is 2.22. The first-order chi connectivity index (χ1) is 10.1. The van der Waals surface area contributed by atoms with E-state index in [-0.39, 0.29) is 5.75 Å². The summed E-state index contributed by atoms with van der Waals surface area (Å²) in [6.45, 7) is 0. The fraction of sp³-hybridized carbons (Fsp3) is 0.467. The SMILES string of the molecule is O=C(O)CSc1nc2ccc(Cl)cc2n1C1CCCCC1. The Balaban J connectivity index is 2.04. The number of rotatable bonds is 4. The maximum absolute atomic E-state index is 10.9. The molecule has 0 spiro atoms. The van der Waals surface area contributed by atoms with Gasteiger partial charge >= 0.3 is 5.97 Å². The summed E-state index contributed by atoms with van der Waals surface area (Å²) in [7, 11) is 0. The van der Waals surface area contributed by atoms with Crippen molar-refractivity contribution >= 4 is 40.4 Å². The lowest BCUT2D eigenvalue weighted by atomic mass is 9.95. The maximum atomic E-state index is 10.9. The molecule has 0 aliphatic heterocycles. The highest BCUT2D eigenvalue weighted by molar-refractivity contribution is 7.99. The van der Waals surface area contributed by atoms with Crippen LogP contribution in [0.3, 0.4) is 0 Å². The molecule has 1 aromatic carbocycles. The third-order valence-corrected chi connectivity index (χ3v) is 5.06. The number of carboxylic acids is 1. The summed E-state index contributed by atoms with van der Waals surface area (Å²) in [6.07, 6.45) is 5.96. The van der Waals surface area contributed by atoms with E-state index in [1.54, 1.807) is 0 Å². The molecular formula is C15H17ClN2O2S. The second-order valence-electron chi connectivity index (χ2n) is 5.37. The number of aliphatic carboxylic acids is 1. The lowest BCUT2D eigenvalue weighted by Gasteiger charge is -2.25. The van der Waals surface area contributed by atoms with Gasteiger partial charge in [0.2, 0.25) is 0 Å². The van der Waals surface area contributed by atoms with Crippen LogP contribution < -0.4 is 0 Å². The topological polar surface area (TPSA) is 55.1 Å². The molecule has 3 rings (SSSR count). The summed E-state index contributed by atoms with van der Waals surface area (Å²) in [5, 5.41) is 10.4. The van der Waals surface area contributed by atoms with Crippen LogP contribution in [0.1, 0.15) is 38.1 Å². The summed E-state index contributed by atoms with van der Waals surface area (Å²) < 4.78 is 2.20. The van der Waals surface area contributed by atoms with Crippen molar-refractivity contribution in [3.8, 4) is 0 Å². The van der Waals surface area contributed by atoms with Gasteiger partial charge in [0, 0.05) is 11.1 Å². The van der Waals surface area contributed by atoms with Crippen LogP contribution in [0.4, 0.5) is 0 Å². The van der Waals surface area contributed by atoms with Gasteiger partial charge in [-0.15, -0.1) is 0 Å². The number of benzene rings is 1. The minimum absolute atomic E-state index is 0.0315. The quantitative estimate of drug-likeness (QED) is 0.848. The number of fused-ring (bicyclic) bond motifs is 1. The number of halogens is 1. The van der Waals surface area contributed by atoms with Gasteiger partial charge in [0.1, 0.15) is 0 Å². The molecule has 6 heteroatoms. The van der Waals surface area contributed by atoms with Crippen LogP contribution in [0.15, 0.2) is 23.4 Å². The van der Waals surface area contributed by atoms with Gasteiger partial charge in [-0.2, -0.15) is 0 Å². The Labute approximate surface area is 132 Å². The van der Waals surface area contributed by atoms with Crippen LogP contribution in [-0.2, 0) is 4.79 Å². The van der Waals surface area contributed by atoms with E-state index in [2.05, 4.69) is 9.55 Å². The third-order valence-electron chi connectivity index (χ3n) is 3.88. The summed E-state index contributed by atoms with van der Waals surface area (Å²) in [6, 6.07) is 6.07. The Kier molecular flexibility index (Phi) is 4.40. The van der Waals surface area contributed by atoms with Crippen molar-refractivity contribution < 1.29 is 9.90 Å². The molecule has 112 valence electrons. The summed E-state index contributed by atoms with van der Waals surface area (Å²) in [4.78, 5) is 15.5. The standard InChI is InChI=1S/C15H17ClN2O2S/c16-10-6-7-12-13(8-10)18(11-4-2-1-3-5-11)15(17-12)21-9-14(19)20/h6-8,11H,1-5,9H2,(H,19,20). The first kappa shape index (κ1) is 14.7. The fourth-order valence-electron chi connectivity index (χ4n) is 2.96. The van der Waals surface area contributed by atoms with Gasteiger partial charge in [-0.05, 0) is 31.0 Å². The summed E-state index contributed by atoms with van der Waals surface area (Å²) in [5.74, 6) is -0.788. The molecule has 0 unspecified atom stereocenters. The Morgan fingerprint density at radius 2 is 2.14 bits per heavy atom. The molecule has 0 amide bonds. The lowest BCUT2D eigenvalue weighted by Crippen LogP contribution is -2.14. The molecule has 1 saturated carbocycles. The third kappa shape index (κ3) is 3.19. The van der Waals surface area contributed by atoms with E-state index in [9.17, 15) is 4.79 Å². The maximum Gasteiger partial charge on any atom is 0.313 e. The Bertz CT molecular complexity index is 665. The predicted molar refractivity (Wildman–Crippen MR) is 85.2 cm³/mol. The number of imidazole rings is 1. The molecule has 4 nitrogen and oxygen atoms in total. The second kappa shape index (κ2) is 6.28. The zero-order valence-electron chi connectivity index (χ0n) is 11.6. The van der Waals surface area contributed by atoms with E-state index in [1.165, 1.54) is 31.0 Å². The number of hydrogen-bond acceptors (Lipinski definition) is 3. The van der Waals surface area contributed by atoms with Crippen molar-refractivity contribution in [3.63, 3.8) is 0 Å². The van der Waals surface area contributed by atoms with Crippen LogP contribution in [0.25, 0.3) is 11.0 Å². The average molecular weight is 325 g/mol. The number of carboxylic acid groups (broad SMARTS) is 1. The van der Waals surface area contributed by atoms with E-state index >= 15 is 0 Å². The molecule has 0 saturated heterocycles. The lowest BCUT2D eigenvalue weighted by molar-refractivity contribution is -0.133. The smallest absolute Gasteiger partial charge is 0.313 e. The molecule has 1 heterocycles. The molecule has 2 aromatic rings. The van der Waals surface area contributed by atoms with E-state index in [0.29, 0.717) is 11.1 Å². The molecular weight excluding hydrogens is 308 g/mol. The zero-order valence-corrected chi connectivity index (χ0v) is 13.2. The monoisotopic (exact) mass is 324 g/mol. The van der Waals surface area contributed by atoms with Gasteiger partial charge < -0.3 is 9.67 Å². The van der Waals surface area contributed by atoms with Crippen LogP contribution in [0.2, 0.25) is 5.02 Å². The van der Waals surface area contributed by atoms with E-state index < -0.39 is 5.97 Å². The first-order valence-electron chi connectivity index (χ1n) is 7.17. The fourth-order valence-corrected chi connectivity index (χ4v) is 3.93. The van der Waals surface area contributed by atoms with Gasteiger partial charge in [0.15, 0.2) is 5.16 Å². The van der Waals surface area contributed by atoms with E-state index in [1.807, 2.05) is 18.2 Å². The van der Waals surface area contributed by atoms with Crippen molar-refractivity contribution in [2.24, 2.45) is 0 Å². The molecule has 1 aliphatic carbocycles. The van der Waals surface area contributed by atoms with E-state index in [0.717, 1.165) is 29.0 Å². The van der Waals surface area contributed by atoms with Crippen molar-refractivity contribution in [3.05, 3.63) is 23.2 Å². The van der Waals surface area contributed by atoms with Gasteiger partial charge in [-0.3, -0.25) is 4.79 Å². The van der Waals surface area contributed by atoms with Crippen LogP contribution in [0, 0.1) is 0 Å². The minimum atomic E-state index is -0.819. The molecule has 1 aliphatic rings. The highest BCUT2D eigenvalue weighted by atomic mass is 35.5. The van der Waals surface area contributed by atoms with Crippen molar-refractivity contribution in [1.82, 2.24) is 9.55 Å². The second-order valence-corrected chi connectivity index (χ2v) is 6.75. The number of hydrogen-bond donors (Lipinski definition) is 1. The highest BCUT2D eigenvalue weighted by Crippen LogP contribution is 2.36. The summed E-state index contributed by atoms with van der Waals surface area (Å²) in [5.41, 5.74) is 1.90. The first-order valence-corrected chi connectivity index (χ1v) is 8.53. The van der Waals surface area contributed by atoms with Gasteiger partial charge in [0.05, 0.1) is 16.8 Å². The predicted octanol–water partition coefficient (Wildman–Crippen LogP) is 4.37. The average Bonchev–Trinajstić information content (AvgIpc) is 2.83. The molecule has 21 heavy (non-hydrogen) atoms. The Morgan fingerprint density at radius 3 is 2.86 bits per heavy atom. The number of thioether (sulfide) groups is 1. The summed E-state index contributed by atoms with van der Waals surface area (Å²) >= 11 is 7.41. The van der Waals surface area contributed by atoms with Gasteiger partial charge in [-0.1, -0.05) is 42.6 Å². The normalized spacial score (nSPS) is 16.4. The van der Waals surface area contributed by atoms with Crippen molar-refractivity contribution in [2.75, 3.05) is 5.75 Å². The van der Waals surface area contributed by atoms with Crippen LogP contribution >= 0.6 is 23.4 Å². The zero-order chi connectivity index (χ0) is 14.8. The van der Waals surface area contributed by atoms with Crippen LogP contribution in [0.5, 0.6) is 0 Å². The van der Waals surface area contributed by atoms with Crippen molar-refractivity contribution in [1.29, 1.82) is 0 Å². The number of carbonyl (C=O) groups is 1. The minimum Gasteiger partial charge on any atom is -0.481 e. The number of aromatic nitrogens is 2. The molecule has 0 radical (unpaired) electrons. The van der Waals surface area contributed by atoms with Gasteiger partial charge in [-0.25, -0.2) is 4.98 Å². The Morgan fingerprint density at radius 1 is 1.38 bits per heavy atom. The van der Waals surface area contributed by atoms with Gasteiger partial charge in [0.25, 0.3) is 0 Å². The Hall–Kier alpha value is -1.20.